The zero-order valence-corrected chi connectivity index (χ0v) is 10.6. The van der Waals surface area contributed by atoms with Gasteiger partial charge in [0.05, 0.1) is 11.9 Å². The van der Waals surface area contributed by atoms with Crippen LogP contribution in [0.1, 0.15) is 17.5 Å². The summed E-state index contributed by atoms with van der Waals surface area (Å²) in [5, 5.41) is 0.457. The fourth-order valence-corrected chi connectivity index (χ4v) is 1.80. The van der Waals surface area contributed by atoms with Crippen LogP contribution in [-0.4, -0.2) is 23.9 Å². The number of carbonyl (C=O) groups excluding carboxylic acids is 1. The van der Waals surface area contributed by atoms with Crippen LogP contribution in [0, 0.1) is 12.3 Å². The van der Waals surface area contributed by atoms with Crippen molar-refractivity contribution >= 4 is 16.9 Å². The Labute approximate surface area is 110 Å². The number of rotatable bonds is 3. The highest BCUT2D eigenvalue weighted by Crippen LogP contribution is 2.13. The molecule has 0 N–H and O–H groups in total. The number of fused-ring (bicyclic) bond motifs is 1. The van der Waals surface area contributed by atoms with E-state index in [1.54, 1.807) is 24.3 Å². The van der Waals surface area contributed by atoms with Crippen LogP contribution in [0.3, 0.4) is 0 Å². The molecule has 0 spiro atoms. The fourth-order valence-electron chi connectivity index (χ4n) is 1.80. The van der Waals surface area contributed by atoms with Crippen LogP contribution in [0.15, 0.2) is 39.5 Å². The third kappa shape index (κ3) is 2.50. The first-order valence-corrected chi connectivity index (χ1v) is 5.93. The van der Waals surface area contributed by atoms with Gasteiger partial charge in [-0.3, -0.25) is 9.59 Å². The van der Waals surface area contributed by atoms with Crippen LogP contribution in [0.25, 0.3) is 11.0 Å². The van der Waals surface area contributed by atoms with Crippen molar-refractivity contribution in [3.8, 4) is 12.3 Å². The molecule has 1 amide bonds. The second-order valence-electron chi connectivity index (χ2n) is 3.99. The van der Waals surface area contributed by atoms with Gasteiger partial charge in [0.2, 0.25) is 0 Å². The molecule has 19 heavy (non-hydrogen) atoms. The number of amides is 1. The van der Waals surface area contributed by atoms with Crippen LogP contribution >= 0.6 is 0 Å². The van der Waals surface area contributed by atoms with E-state index in [4.69, 9.17) is 10.8 Å². The molecule has 0 bridgehead atoms. The summed E-state index contributed by atoms with van der Waals surface area (Å²) in [6.07, 6.45) is 5.21. The van der Waals surface area contributed by atoms with E-state index < -0.39 is 0 Å². The van der Waals surface area contributed by atoms with Crippen molar-refractivity contribution in [2.45, 2.75) is 6.92 Å². The fraction of sp³-hybridized carbons (Fsp3) is 0.200. The number of hydrogen-bond acceptors (Lipinski definition) is 3. The minimum Gasteiger partial charge on any atom is -0.451 e. The maximum absolute atomic E-state index is 12.2. The van der Waals surface area contributed by atoms with Crippen molar-refractivity contribution in [3.63, 3.8) is 0 Å². The smallest absolute Gasteiger partial charge is 0.290 e. The molecule has 2 rings (SSSR count). The van der Waals surface area contributed by atoms with Gasteiger partial charge < -0.3 is 9.32 Å². The van der Waals surface area contributed by atoms with E-state index >= 15 is 0 Å². The molecule has 4 nitrogen and oxygen atoms in total. The molecule has 1 aromatic heterocycles. The molecule has 0 saturated carbocycles. The van der Waals surface area contributed by atoms with Gasteiger partial charge in [0.25, 0.3) is 5.91 Å². The van der Waals surface area contributed by atoms with Crippen molar-refractivity contribution in [1.29, 1.82) is 0 Å². The van der Waals surface area contributed by atoms with Gasteiger partial charge in [-0.05, 0) is 19.1 Å². The lowest BCUT2D eigenvalue weighted by atomic mass is 10.2. The van der Waals surface area contributed by atoms with E-state index in [0.717, 1.165) is 0 Å². The van der Waals surface area contributed by atoms with E-state index in [-0.39, 0.29) is 23.6 Å². The van der Waals surface area contributed by atoms with Crippen molar-refractivity contribution in [2.75, 3.05) is 13.1 Å². The Morgan fingerprint density at radius 3 is 2.84 bits per heavy atom. The summed E-state index contributed by atoms with van der Waals surface area (Å²) in [7, 11) is 0. The average Bonchev–Trinajstić information content (AvgIpc) is 2.44. The largest absolute Gasteiger partial charge is 0.451 e. The highest BCUT2D eigenvalue weighted by atomic mass is 16.3. The zero-order chi connectivity index (χ0) is 13.8. The first kappa shape index (κ1) is 12.9. The van der Waals surface area contributed by atoms with Crippen LogP contribution in [0.5, 0.6) is 0 Å². The highest BCUT2D eigenvalue weighted by molar-refractivity contribution is 5.93. The number of carbonyl (C=O) groups is 1. The normalized spacial score (nSPS) is 10.1. The summed E-state index contributed by atoms with van der Waals surface area (Å²) < 4.78 is 5.47. The van der Waals surface area contributed by atoms with Gasteiger partial charge in [0.15, 0.2) is 11.2 Å². The Balaban J connectivity index is 2.49. The predicted octanol–water partition coefficient (Wildman–Crippen LogP) is 1.89. The molecule has 96 valence electrons. The average molecular weight is 255 g/mol. The molecule has 0 atom stereocenters. The van der Waals surface area contributed by atoms with E-state index in [1.165, 1.54) is 11.0 Å². The Morgan fingerprint density at radius 1 is 1.42 bits per heavy atom. The van der Waals surface area contributed by atoms with E-state index in [0.29, 0.717) is 17.5 Å². The summed E-state index contributed by atoms with van der Waals surface area (Å²) in [4.78, 5) is 25.5. The van der Waals surface area contributed by atoms with Gasteiger partial charge in [-0.25, -0.2) is 0 Å². The first-order valence-electron chi connectivity index (χ1n) is 5.93. The standard InChI is InChI=1S/C15H13NO3/c1-3-9-16(4-2)15(18)14-10-12(17)11-7-5-6-8-13(11)19-14/h1,5-8,10H,4,9H2,2H3. The molecule has 0 fully saturated rings. The molecule has 0 aliphatic heterocycles. The molecule has 0 saturated heterocycles. The zero-order valence-electron chi connectivity index (χ0n) is 10.6. The summed E-state index contributed by atoms with van der Waals surface area (Å²) >= 11 is 0. The minimum atomic E-state index is -0.372. The van der Waals surface area contributed by atoms with Gasteiger partial charge in [0, 0.05) is 12.6 Å². The second kappa shape index (κ2) is 5.40. The van der Waals surface area contributed by atoms with E-state index in [2.05, 4.69) is 5.92 Å². The predicted molar refractivity (Wildman–Crippen MR) is 72.9 cm³/mol. The molecule has 4 heteroatoms. The van der Waals surface area contributed by atoms with E-state index in [1.807, 2.05) is 6.92 Å². The van der Waals surface area contributed by atoms with Crippen LogP contribution in [-0.2, 0) is 0 Å². The van der Waals surface area contributed by atoms with Gasteiger partial charge in [-0.15, -0.1) is 6.42 Å². The summed E-state index contributed by atoms with van der Waals surface area (Å²) in [6.45, 7) is 2.46. The Morgan fingerprint density at radius 2 is 2.16 bits per heavy atom. The van der Waals surface area contributed by atoms with Gasteiger partial charge in [0.1, 0.15) is 5.58 Å². The molecule has 0 unspecified atom stereocenters. The quantitative estimate of drug-likeness (QED) is 0.787. The Hall–Kier alpha value is -2.54. The van der Waals surface area contributed by atoms with Crippen molar-refractivity contribution in [2.24, 2.45) is 0 Å². The monoisotopic (exact) mass is 255 g/mol. The molecule has 1 heterocycles. The topological polar surface area (TPSA) is 50.5 Å². The first-order chi connectivity index (χ1) is 9.17. The van der Waals surface area contributed by atoms with Gasteiger partial charge >= 0.3 is 0 Å². The van der Waals surface area contributed by atoms with Gasteiger partial charge in [-0.1, -0.05) is 18.1 Å². The summed E-state index contributed by atoms with van der Waals surface area (Å²) in [5.74, 6) is 2.05. The summed E-state index contributed by atoms with van der Waals surface area (Å²) in [5.41, 5.74) is 0.164. The van der Waals surface area contributed by atoms with Gasteiger partial charge in [-0.2, -0.15) is 0 Å². The maximum Gasteiger partial charge on any atom is 0.290 e. The summed E-state index contributed by atoms with van der Waals surface area (Å²) in [6, 6.07) is 8.03. The third-order valence-electron chi connectivity index (χ3n) is 2.80. The van der Waals surface area contributed by atoms with Crippen LogP contribution in [0.2, 0.25) is 0 Å². The Bertz CT molecular complexity index is 709. The number of nitrogens with zero attached hydrogens (tertiary/aromatic N) is 1. The molecule has 2 aromatic rings. The minimum absolute atomic E-state index is 0.0146. The van der Waals surface area contributed by atoms with Crippen LogP contribution < -0.4 is 5.43 Å². The van der Waals surface area contributed by atoms with Crippen molar-refractivity contribution in [1.82, 2.24) is 4.90 Å². The van der Waals surface area contributed by atoms with Crippen molar-refractivity contribution < 1.29 is 9.21 Å². The molecular formula is C15H13NO3. The van der Waals surface area contributed by atoms with E-state index in [9.17, 15) is 9.59 Å². The Kier molecular flexibility index (Phi) is 3.67. The molecular weight excluding hydrogens is 242 g/mol. The highest BCUT2D eigenvalue weighted by Gasteiger charge is 2.17. The third-order valence-corrected chi connectivity index (χ3v) is 2.80. The SMILES string of the molecule is C#CCN(CC)C(=O)c1cc(=O)c2ccccc2o1. The number of para-hydroxylation sites is 1. The lowest BCUT2D eigenvalue weighted by molar-refractivity contribution is 0.0754. The lowest BCUT2D eigenvalue weighted by Gasteiger charge is -2.16. The number of hydrogen-bond donors (Lipinski definition) is 0. The maximum atomic E-state index is 12.2. The number of terminal acetylenes is 1. The molecule has 0 aliphatic rings. The van der Waals surface area contributed by atoms with Crippen molar-refractivity contribution in [3.05, 3.63) is 46.3 Å². The molecule has 0 radical (unpaired) electrons. The number of benzene rings is 1. The molecule has 1 aromatic carbocycles. The lowest BCUT2D eigenvalue weighted by Crippen LogP contribution is -2.31. The van der Waals surface area contributed by atoms with Crippen LogP contribution in [0.4, 0.5) is 0 Å². The molecule has 0 aliphatic carbocycles. The second-order valence-corrected chi connectivity index (χ2v) is 3.99.